The van der Waals surface area contributed by atoms with Gasteiger partial charge in [0.1, 0.15) is 5.65 Å². The van der Waals surface area contributed by atoms with Gasteiger partial charge in [0, 0.05) is 61.3 Å². The first-order chi connectivity index (χ1) is 13.7. The van der Waals surface area contributed by atoms with Crippen molar-refractivity contribution >= 4 is 23.8 Å². The highest BCUT2D eigenvalue weighted by Gasteiger charge is 2.28. The Bertz CT molecular complexity index is 966. The predicted octanol–water partition coefficient (Wildman–Crippen LogP) is 3.49. The predicted molar refractivity (Wildman–Crippen MR) is 114 cm³/mol. The number of thiol groups is 1. The number of hydrogen-bond acceptors (Lipinski definition) is 5. The van der Waals surface area contributed by atoms with Gasteiger partial charge in [-0.05, 0) is 43.2 Å². The van der Waals surface area contributed by atoms with Gasteiger partial charge in [-0.3, -0.25) is 13.6 Å². The molecule has 2 fully saturated rings. The molecule has 28 heavy (non-hydrogen) atoms. The Kier molecular flexibility index (Phi) is 4.90. The zero-order chi connectivity index (χ0) is 19.1. The van der Waals surface area contributed by atoms with Crippen molar-refractivity contribution in [2.75, 3.05) is 26.3 Å². The Hall–Kier alpha value is -1.83. The van der Waals surface area contributed by atoms with Crippen LogP contribution in [0.1, 0.15) is 37.2 Å². The summed E-state index contributed by atoms with van der Waals surface area (Å²) in [5.41, 5.74) is 4.52. The number of hydrogen-bond donors (Lipinski definition) is 1. The van der Waals surface area contributed by atoms with E-state index in [0.717, 1.165) is 54.5 Å². The molecule has 0 aromatic carbocycles. The number of nitrogens with zero attached hydrogens (tertiary/aromatic N) is 5. The maximum Gasteiger partial charge on any atom is 0.150 e. The van der Waals surface area contributed by atoms with Crippen molar-refractivity contribution in [2.45, 2.75) is 37.6 Å². The number of aryl methyl sites for hydroxylation is 1. The quantitative estimate of drug-likeness (QED) is 0.688. The SMILES string of the molecule is Cn1cc(-c2cn(S)c3ncc([C@H]4CC[C@H](N5CCOCC5)CC4)cc23)cn1. The van der Waals surface area contributed by atoms with Crippen LogP contribution < -0.4 is 0 Å². The standard InChI is InChI=1S/C21H27N5OS/c1-24-13-17(12-23-24)20-14-26(28)21-19(20)10-16(11-22-21)15-2-4-18(5-3-15)25-6-8-27-9-7-25/h10-15,18,28H,2-9H2,1H3/t15-,18-. The van der Waals surface area contributed by atoms with Crippen LogP contribution in [-0.4, -0.2) is 56.0 Å². The number of aromatic nitrogens is 4. The maximum atomic E-state index is 5.51. The van der Waals surface area contributed by atoms with Crippen molar-refractivity contribution in [1.82, 2.24) is 23.6 Å². The van der Waals surface area contributed by atoms with Crippen LogP contribution in [0.15, 0.2) is 30.9 Å². The van der Waals surface area contributed by atoms with E-state index in [-0.39, 0.29) is 0 Å². The lowest BCUT2D eigenvalue weighted by Crippen LogP contribution is -2.44. The minimum atomic E-state index is 0.596. The third-order valence-corrected chi connectivity index (χ3v) is 6.70. The van der Waals surface area contributed by atoms with Crippen molar-refractivity contribution in [3.63, 3.8) is 0 Å². The van der Waals surface area contributed by atoms with E-state index in [1.165, 1.54) is 31.2 Å². The molecule has 1 saturated heterocycles. The maximum absolute atomic E-state index is 5.51. The third kappa shape index (κ3) is 3.36. The second kappa shape index (κ2) is 7.54. The van der Waals surface area contributed by atoms with Crippen molar-refractivity contribution < 1.29 is 4.74 Å². The lowest BCUT2D eigenvalue weighted by atomic mass is 9.81. The monoisotopic (exact) mass is 397 g/mol. The minimum absolute atomic E-state index is 0.596. The van der Waals surface area contributed by atoms with E-state index < -0.39 is 0 Å². The summed E-state index contributed by atoms with van der Waals surface area (Å²) >= 11 is 4.57. The lowest BCUT2D eigenvalue weighted by molar-refractivity contribution is 0.00729. The van der Waals surface area contributed by atoms with Crippen LogP contribution in [0.2, 0.25) is 0 Å². The molecule has 1 saturated carbocycles. The Morgan fingerprint density at radius 3 is 2.57 bits per heavy atom. The average Bonchev–Trinajstić information content (AvgIpc) is 3.32. The molecule has 0 atom stereocenters. The summed E-state index contributed by atoms with van der Waals surface area (Å²) in [6, 6.07) is 3.05. The molecule has 1 aliphatic heterocycles. The smallest absolute Gasteiger partial charge is 0.150 e. The van der Waals surface area contributed by atoms with E-state index in [1.54, 1.807) is 0 Å². The fraction of sp³-hybridized carbons (Fsp3) is 0.524. The van der Waals surface area contributed by atoms with Crippen molar-refractivity contribution in [3.05, 3.63) is 36.4 Å². The third-order valence-electron chi connectivity index (χ3n) is 6.39. The summed E-state index contributed by atoms with van der Waals surface area (Å²) in [6.07, 6.45) is 13.1. The van der Waals surface area contributed by atoms with Crippen molar-refractivity contribution in [2.24, 2.45) is 7.05 Å². The molecule has 6 nitrogen and oxygen atoms in total. The molecule has 0 radical (unpaired) electrons. The average molecular weight is 398 g/mol. The molecule has 0 unspecified atom stereocenters. The van der Waals surface area contributed by atoms with E-state index in [1.807, 2.05) is 34.3 Å². The molecule has 3 aromatic rings. The van der Waals surface area contributed by atoms with Crippen LogP contribution in [0.5, 0.6) is 0 Å². The molecular weight excluding hydrogens is 370 g/mol. The van der Waals surface area contributed by atoms with Crippen molar-refractivity contribution in [1.29, 1.82) is 0 Å². The highest BCUT2D eigenvalue weighted by molar-refractivity contribution is 7.78. The molecule has 7 heteroatoms. The van der Waals surface area contributed by atoms with E-state index in [9.17, 15) is 0 Å². The van der Waals surface area contributed by atoms with Gasteiger partial charge in [0.05, 0.1) is 19.4 Å². The summed E-state index contributed by atoms with van der Waals surface area (Å²) in [7, 11) is 1.94. The van der Waals surface area contributed by atoms with Gasteiger partial charge in [-0.2, -0.15) is 5.10 Å². The van der Waals surface area contributed by atoms with E-state index in [4.69, 9.17) is 9.72 Å². The van der Waals surface area contributed by atoms with Crippen LogP contribution >= 0.6 is 12.8 Å². The van der Waals surface area contributed by atoms with E-state index in [0.29, 0.717) is 5.92 Å². The lowest BCUT2D eigenvalue weighted by Gasteiger charge is -2.38. The number of pyridine rings is 1. The van der Waals surface area contributed by atoms with Crippen LogP contribution in [0.4, 0.5) is 0 Å². The number of fused-ring (bicyclic) bond motifs is 1. The van der Waals surface area contributed by atoms with Gasteiger partial charge in [-0.1, -0.05) is 12.8 Å². The van der Waals surface area contributed by atoms with Gasteiger partial charge >= 0.3 is 0 Å². The zero-order valence-corrected chi connectivity index (χ0v) is 17.2. The van der Waals surface area contributed by atoms with Crippen LogP contribution in [0.3, 0.4) is 0 Å². The molecule has 0 N–H and O–H groups in total. The first-order valence-corrected chi connectivity index (χ1v) is 10.6. The molecule has 0 amide bonds. The normalized spacial score (nSPS) is 24.1. The highest BCUT2D eigenvalue weighted by Crippen LogP contribution is 2.37. The summed E-state index contributed by atoms with van der Waals surface area (Å²) in [4.78, 5) is 7.38. The Balaban J connectivity index is 1.38. The van der Waals surface area contributed by atoms with Crippen molar-refractivity contribution in [3.8, 4) is 11.1 Å². The summed E-state index contributed by atoms with van der Waals surface area (Å²) in [5, 5.41) is 5.49. The molecule has 148 valence electrons. The van der Waals surface area contributed by atoms with Gasteiger partial charge in [0.15, 0.2) is 0 Å². The number of rotatable bonds is 3. The van der Waals surface area contributed by atoms with Gasteiger partial charge < -0.3 is 4.74 Å². The summed E-state index contributed by atoms with van der Waals surface area (Å²) in [6.45, 7) is 3.95. The largest absolute Gasteiger partial charge is 0.379 e. The number of morpholine rings is 1. The fourth-order valence-corrected chi connectivity index (χ4v) is 5.11. The molecule has 0 spiro atoms. The molecule has 1 aliphatic carbocycles. The fourth-order valence-electron chi connectivity index (χ4n) is 4.84. The van der Waals surface area contributed by atoms with E-state index in [2.05, 4.69) is 35.1 Å². The molecule has 0 bridgehead atoms. The minimum Gasteiger partial charge on any atom is -0.379 e. The topological polar surface area (TPSA) is 48.1 Å². The second-order valence-corrected chi connectivity index (χ2v) is 8.51. The molecule has 5 rings (SSSR count). The first kappa shape index (κ1) is 18.2. The van der Waals surface area contributed by atoms with Crippen LogP contribution in [0, 0.1) is 0 Å². The van der Waals surface area contributed by atoms with E-state index >= 15 is 0 Å². The van der Waals surface area contributed by atoms with Gasteiger partial charge in [-0.15, -0.1) is 0 Å². The van der Waals surface area contributed by atoms with Crippen LogP contribution in [0.25, 0.3) is 22.2 Å². The first-order valence-electron chi connectivity index (χ1n) is 10.2. The molecular formula is C21H27N5OS. The molecule has 2 aliphatic rings. The molecule has 3 aromatic heterocycles. The van der Waals surface area contributed by atoms with Gasteiger partial charge in [0.2, 0.25) is 0 Å². The highest BCUT2D eigenvalue weighted by atomic mass is 32.1. The Morgan fingerprint density at radius 2 is 1.86 bits per heavy atom. The second-order valence-electron chi connectivity index (χ2n) is 8.08. The summed E-state index contributed by atoms with van der Waals surface area (Å²) in [5.74, 6) is 0.596. The number of ether oxygens (including phenoxy) is 1. The molecule has 4 heterocycles. The Morgan fingerprint density at radius 1 is 1.07 bits per heavy atom. The summed E-state index contributed by atoms with van der Waals surface area (Å²) < 4.78 is 9.16. The van der Waals surface area contributed by atoms with Crippen LogP contribution in [-0.2, 0) is 11.8 Å². The zero-order valence-electron chi connectivity index (χ0n) is 16.3. The van der Waals surface area contributed by atoms with Gasteiger partial charge in [0.25, 0.3) is 0 Å². The Labute approximate surface area is 171 Å². The van der Waals surface area contributed by atoms with Gasteiger partial charge in [-0.25, -0.2) is 4.98 Å².